The van der Waals surface area contributed by atoms with E-state index in [1.807, 2.05) is 0 Å². The van der Waals surface area contributed by atoms with E-state index in [1.165, 1.54) is 12.8 Å². The monoisotopic (exact) mass is 228 g/mol. The first-order valence-corrected chi connectivity index (χ1v) is 6.53. The van der Waals surface area contributed by atoms with Gasteiger partial charge in [-0.3, -0.25) is 0 Å². The largest absolute Gasteiger partial charge is 0.381 e. The van der Waals surface area contributed by atoms with Crippen molar-refractivity contribution in [2.75, 3.05) is 26.3 Å². The van der Waals surface area contributed by atoms with Crippen LogP contribution >= 0.6 is 0 Å². The summed E-state index contributed by atoms with van der Waals surface area (Å²) in [6.45, 7) is 12.9. The molecular weight excluding hydrogens is 200 g/mol. The molecule has 0 spiro atoms. The van der Waals surface area contributed by atoms with Crippen LogP contribution in [0.1, 0.15) is 40.5 Å². The molecule has 96 valence electrons. The maximum Gasteiger partial charge on any atom is 0.0506 e. The zero-order valence-electron chi connectivity index (χ0n) is 11.3. The van der Waals surface area contributed by atoms with Gasteiger partial charge >= 0.3 is 0 Å². The lowest BCUT2D eigenvalue weighted by molar-refractivity contribution is 0.0539. The molecule has 1 aliphatic heterocycles. The average molecular weight is 228 g/mol. The second kappa shape index (κ2) is 6.58. The summed E-state index contributed by atoms with van der Waals surface area (Å²) in [6.07, 6.45) is 2.54. The zero-order valence-corrected chi connectivity index (χ0v) is 11.3. The molecule has 0 aliphatic carbocycles. The van der Waals surface area contributed by atoms with Gasteiger partial charge in [0.15, 0.2) is 0 Å². The Balaban J connectivity index is 2.07. The Kier molecular flexibility index (Phi) is 5.73. The highest BCUT2D eigenvalue weighted by molar-refractivity contribution is 4.75. The van der Waals surface area contributed by atoms with E-state index in [0.29, 0.717) is 12.0 Å². The van der Waals surface area contributed by atoms with Crippen LogP contribution in [-0.2, 0) is 4.74 Å². The topological polar surface area (TPSA) is 33.3 Å². The lowest BCUT2D eigenvalue weighted by Gasteiger charge is -2.27. The van der Waals surface area contributed by atoms with Crippen molar-refractivity contribution in [2.24, 2.45) is 5.92 Å². The quantitative estimate of drug-likeness (QED) is 0.752. The van der Waals surface area contributed by atoms with Crippen LogP contribution in [0.5, 0.6) is 0 Å². The van der Waals surface area contributed by atoms with E-state index < -0.39 is 0 Å². The fraction of sp³-hybridized carbons (Fsp3) is 1.00. The van der Waals surface area contributed by atoms with Crippen molar-refractivity contribution >= 4 is 0 Å². The molecule has 1 fully saturated rings. The van der Waals surface area contributed by atoms with E-state index in [4.69, 9.17) is 4.74 Å². The maximum atomic E-state index is 5.47. The van der Waals surface area contributed by atoms with Gasteiger partial charge < -0.3 is 15.4 Å². The standard InChI is InChI=1S/C13H28N2O/c1-11(8-15-13(2,3)4)14-9-12-6-5-7-16-10-12/h11-12,14-15H,5-10H2,1-4H3. The van der Waals surface area contributed by atoms with Crippen molar-refractivity contribution < 1.29 is 4.74 Å². The SMILES string of the molecule is CC(CNC(C)(C)C)NCC1CCCOC1. The minimum absolute atomic E-state index is 0.212. The summed E-state index contributed by atoms with van der Waals surface area (Å²) in [4.78, 5) is 0. The first-order chi connectivity index (χ1) is 7.47. The minimum atomic E-state index is 0.212. The van der Waals surface area contributed by atoms with Crippen LogP contribution in [0, 0.1) is 5.92 Å². The van der Waals surface area contributed by atoms with Crippen LogP contribution in [-0.4, -0.2) is 37.9 Å². The number of rotatable bonds is 5. The van der Waals surface area contributed by atoms with Gasteiger partial charge in [-0.2, -0.15) is 0 Å². The highest BCUT2D eigenvalue weighted by Gasteiger charge is 2.15. The van der Waals surface area contributed by atoms with Crippen LogP contribution in [0.4, 0.5) is 0 Å². The molecule has 0 aromatic carbocycles. The van der Waals surface area contributed by atoms with Crippen molar-refractivity contribution in [2.45, 2.75) is 52.1 Å². The third kappa shape index (κ3) is 6.46. The fourth-order valence-electron chi connectivity index (χ4n) is 1.87. The van der Waals surface area contributed by atoms with Gasteiger partial charge in [-0.05, 0) is 46.5 Å². The molecule has 3 heteroatoms. The molecule has 0 aromatic heterocycles. The summed E-state index contributed by atoms with van der Waals surface area (Å²) in [5.74, 6) is 0.714. The van der Waals surface area contributed by atoms with E-state index in [0.717, 1.165) is 26.3 Å². The molecule has 1 heterocycles. The highest BCUT2D eigenvalue weighted by atomic mass is 16.5. The Morgan fingerprint density at radius 2 is 2.12 bits per heavy atom. The number of hydrogen-bond donors (Lipinski definition) is 2. The van der Waals surface area contributed by atoms with Crippen molar-refractivity contribution in [1.29, 1.82) is 0 Å². The molecule has 2 unspecified atom stereocenters. The Labute approximate surface area is 100 Å². The summed E-state index contributed by atoms with van der Waals surface area (Å²) in [7, 11) is 0. The van der Waals surface area contributed by atoms with Crippen LogP contribution in [0.25, 0.3) is 0 Å². The minimum Gasteiger partial charge on any atom is -0.381 e. The summed E-state index contributed by atoms with van der Waals surface area (Å²) in [5, 5.41) is 7.10. The predicted molar refractivity (Wildman–Crippen MR) is 68.8 cm³/mol. The van der Waals surface area contributed by atoms with E-state index >= 15 is 0 Å². The van der Waals surface area contributed by atoms with E-state index in [9.17, 15) is 0 Å². The Morgan fingerprint density at radius 1 is 1.38 bits per heavy atom. The molecule has 3 nitrogen and oxygen atoms in total. The van der Waals surface area contributed by atoms with E-state index in [2.05, 4.69) is 38.3 Å². The number of hydrogen-bond acceptors (Lipinski definition) is 3. The maximum absolute atomic E-state index is 5.47. The molecule has 2 N–H and O–H groups in total. The highest BCUT2D eigenvalue weighted by Crippen LogP contribution is 2.12. The van der Waals surface area contributed by atoms with Crippen LogP contribution < -0.4 is 10.6 Å². The van der Waals surface area contributed by atoms with Crippen molar-refractivity contribution in [3.8, 4) is 0 Å². The third-order valence-electron chi connectivity index (χ3n) is 2.95. The van der Waals surface area contributed by atoms with Gasteiger partial charge in [-0.25, -0.2) is 0 Å². The summed E-state index contributed by atoms with van der Waals surface area (Å²) < 4.78 is 5.47. The Morgan fingerprint density at radius 3 is 2.69 bits per heavy atom. The summed E-state index contributed by atoms with van der Waals surface area (Å²) in [5.41, 5.74) is 0.212. The molecule has 0 radical (unpaired) electrons. The Hall–Kier alpha value is -0.120. The first-order valence-electron chi connectivity index (χ1n) is 6.53. The average Bonchev–Trinajstić information content (AvgIpc) is 2.24. The van der Waals surface area contributed by atoms with Gasteiger partial charge in [-0.1, -0.05) is 0 Å². The van der Waals surface area contributed by atoms with Crippen LogP contribution in [0.2, 0.25) is 0 Å². The van der Waals surface area contributed by atoms with E-state index in [-0.39, 0.29) is 5.54 Å². The van der Waals surface area contributed by atoms with Crippen molar-refractivity contribution in [1.82, 2.24) is 10.6 Å². The molecule has 0 amide bonds. The summed E-state index contributed by atoms with van der Waals surface area (Å²) in [6, 6.07) is 0.529. The molecule has 0 aromatic rings. The first kappa shape index (κ1) is 13.9. The third-order valence-corrected chi connectivity index (χ3v) is 2.95. The fourth-order valence-corrected chi connectivity index (χ4v) is 1.87. The van der Waals surface area contributed by atoms with Gasteiger partial charge in [0.05, 0.1) is 6.61 Å². The van der Waals surface area contributed by atoms with Gasteiger partial charge in [0.2, 0.25) is 0 Å². The molecule has 2 atom stereocenters. The smallest absolute Gasteiger partial charge is 0.0506 e. The van der Waals surface area contributed by atoms with Crippen molar-refractivity contribution in [3.05, 3.63) is 0 Å². The normalized spacial score (nSPS) is 24.4. The lowest BCUT2D eigenvalue weighted by Crippen LogP contribution is -2.46. The van der Waals surface area contributed by atoms with Crippen molar-refractivity contribution in [3.63, 3.8) is 0 Å². The van der Waals surface area contributed by atoms with Gasteiger partial charge in [-0.15, -0.1) is 0 Å². The molecule has 1 aliphatic rings. The van der Waals surface area contributed by atoms with Gasteiger partial charge in [0.1, 0.15) is 0 Å². The molecule has 1 saturated heterocycles. The van der Waals surface area contributed by atoms with Crippen LogP contribution in [0.15, 0.2) is 0 Å². The second-order valence-corrected chi connectivity index (χ2v) is 6.02. The lowest BCUT2D eigenvalue weighted by atomic mass is 10.0. The Bertz CT molecular complexity index is 183. The molecule has 0 saturated carbocycles. The summed E-state index contributed by atoms with van der Waals surface area (Å²) >= 11 is 0. The number of nitrogens with one attached hydrogen (secondary N) is 2. The van der Waals surface area contributed by atoms with Gasteiger partial charge in [0.25, 0.3) is 0 Å². The molecular formula is C13H28N2O. The predicted octanol–water partition coefficient (Wildman–Crippen LogP) is 1.78. The van der Waals surface area contributed by atoms with Gasteiger partial charge in [0, 0.05) is 31.3 Å². The van der Waals surface area contributed by atoms with Crippen LogP contribution in [0.3, 0.4) is 0 Å². The second-order valence-electron chi connectivity index (χ2n) is 6.02. The molecule has 0 bridgehead atoms. The van der Waals surface area contributed by atoms with E-state index in [1.54, 1.807) is 0 Å². The molecule has 1 rings (SSSR count). The number of ether oxygens (including phenoxy) is 1. The zero-order chi connectivity index (χ0) is 12.0. The molecule has 16 heavy (non-hydrogen) atoms.